The van der Waals surface area contributed by atoms with Crippen LogP contribution >= 0.6 is 0 Å². The molecule has 3 aliphatic carbocycles. The quantitative estimate of drug-likeness (QED) is 0.842. The van der Waals surface area contributed by atoms with Crippen LogP contribution in [0, 0.1) is 5.92 Å². The third-order valence-corrected chi connectivity index (χ3v) is 7.14. The molecule has 0 unspecified atom stereocenters. The zero-order valence-electron chi connectivity index (χ0n) is 13.6. The molecule has 0 bridgehead atoms. The number of hydrogen-bond donors (Lipinski definition) is 1. The maximum Gasteiger partial charge on any atom is 0.318 e. The Bertz CT molecular complexity index is 526. The molecule has 0 aromatic heterocycles. The molecule has 6 heteroatoms. The first-order valence-corrected chi connectivity index (χ1v) is 10.6. The van der Waals surface area contributed by atoms with Crippen molar-refractivity contribution in [3.8, 4) is 0 Å². The average molecular weight is 328 g/mol. The molecule has 0 aromatic rings. The molecular weight excluding hydrogens is 300 g/mol. The molecular formula is C16H28N2O3S. The average Bonchev–Trinajstić information content (AvgIpc) is 3.31. The van der Waals surface area contributed by atoms with Crippen LogP contribution in [0.15, 0.2) is 0 Å². The summed E-state index contributed by atoms with van der Waals surface area (Å²) in [5.74, 6) is 0.642. The van der Waals surface area contributed by atoms with Gasteiger partial charge in [-0.15, -0.1) is 0 Å². The minimum Gasteiger partial charge on any atom is -0.334 e. The fourth-order valence-electron chi connectivity index (χ4n) is 3.85. The molecule has 0 aromatic carbocycles. The molecule has 1 N–H and O–H groups in total. The molecule has 3 atom stereocenters. The van der Waals surface area contributed by atoms with Crippen LogP contribution in [-0.2, 0) is 9.84 Å². The van der Waals surface area contributed by atoms with E-state index in [0.717, 1.165) is 32.1 Å². The van der Waals surface area contributed by atoms with E-state index in [0.29, 0.717) is 18.4 Å². The zero-order chi connectivity index (χ0) is 15.9. The van der Waals surface area contributed by atoms with E-state index in [9.17, 15) is 13.2 Å². The fourth-order valence-corrected chi connectivity index (χ4v) is 5.25. The smallest absolute Gasteiger partial charge is 0.318 e. The first-order valence-electron chi connectivity index (χ1n) is 8.65. The lowest BCUT2D eigenvalue weighted by Gasteiger charge is -2.35. The van der Waals surface area contributed by atoms with Gasteiger partial charge in [-0.3, -0.25) is 0 Å². The van der Waals surface area contributed by atoms with Crippen LogP contribution in [0.1, 0.15) is 58.3 Å². The van der Waals surface area contributed by atoms with Crippen LogP contribution in [0.5, 0.6) is 0 Å². The highest BCUT2D eigenvalue weighted by Gasteiger charge is 2.43. The number of carbonyl (C=O) groups excluding carboxylic acids is 1. The Balaban J connectivity index is 1.68. The Labute approximate surface area is 133 Å². The topological polar surface area (TPSA) is 66.5 Å². The highest BCUT2D eigenvalue weighted by atomic mass is 32.2. The van der Waals surface area contributed by atoms with Gasteiger partial charge in [0, 0.05) is 24.4 Å². The summed E-state index contributed by atoms with van der Waals surface area (Å²) in [6.45, 7) is 2.14. The Hall–Kier alpha value is -0.780. The van der Waals surface area contributed by atoms with Crippen LogP contribution in [0.4, 0.5) is 4.79 Å². The summed E-state index contributed by atoms with van der Waals surface area (Å²) in [4.78, 5) is 14.8. The van der Waals surface area contributed by atoms with Gasteiger partial charge in [-0.05, 0) is 51.4 Å². The summed E-state index contributed by atoms with van der Waals surface area (Å²) < 4.78 is 24.0. The predicted molar refractivity (Wildman–Crippen MR) is 86.5 cm³/mol. The molecule has 5 nitrogen and oxygen atoms in total. The highest BCUT2D eigenvalue weighted by Crippen LogP contribution is 2.39. The lowest BCUT2D eigenvalue weighted by atomic mass is 9.95. The summed E-state index contributed by atoms with van der Waals surface area (Å²) in [6, 6.07) is 0.398. The van der Waals surface area contributed by atoms with Crippen molar-refractivity contribution in [1.82, 2.24) is 10.2 Å². The van der Waals surface area contributed by atoms with Gasteiger partial charge in [0.2, 0.25) is 0 Å². The van der Waals surface area contributed by atoms with E-state index in [1.54, 1.807) is 0 Å². The van der Waals surface area contributed by atoms with Gasteiger partial charge in [0.05, 0.1) is 5.25 Å². The van der Waals surface area contributed by atoms with Crippen molar-refractivity contribution in [1.29, 1.82) is 0 Å². The van der Waals surface area contributed by atoms with E-state index in [1.807, 2.05) is 4.90 Å². The minimum atomic E-state index is -3.11. The van der Waals surface area contributed by atoms with Gasteiger partial charge in [-0.1, -0.05) is 12.8 Å². The Morgan fingerprint density at radius 1 is 1.09 bits per heavy atom. The molecule has 0 heterocycles. The van der Waals surface area contributed by atoms with Crippen molar-refractivity contribution in [3.05, 3.63) is 0 Å². The lowest BCUT2D eigenvalue weighted by Crippen LogP contribution is -2.55. The third-order valence-electron chi connectivity index (χ3n) is 5.48. The Morgan fingerprint density at radius 2 is 1.73 bits per heavy atom. The fraction of sp³-hybridized carbons (Fsp3) is 0.938. The normalized spacial score (nSPS) is 30.6. The Kier molecular flexibility index (Phi) is 4.40. The Morgan fingerprint density at radius 3 is 2.27 bits per heavy atom. The summed E-state index contributed by atoms with van der Waals surface area (Å²) in [5.41, 5.74) is 0. The SMILES string of the molecule is C[C@H](C1CC1)N(C(=O)N[C@@H]1CCCC[C@H]1S(C)(=O)=O)C1CC1. The summed E-state index contributed by atoms with van der Waals surface area (Å²) in [5, 5.41) is 2.65. The standard InChI is InChI=1S/C16H28N2O3S/c1-11(12-7-8-12)18(13-9-10-13)16(19)17-14-5-3-4-6-15(14)22(2,20)21/h11-15H,3-10H2,1-2H3,(H,17,19)/t11-,14-,15-/m1/s1. The van der Waals surface area contributed by atoms with Gasteiger partial charge in [0.1, 0.15) is 0 Å². The van der Waals surface area contributed by atoms with Crippen molar-refractivity contribution >= 4 is 15.9 Å². The largest absolute Gasteiger partial charge is 0.334 e. The van der Waals surface area contributed by atoms with Crippen molar-refractivity contribution < 1.29 is 13.2 Å². The summed E-state index contributed by atoms with van der Waals surface area (Å²) in [7, 11) is -3.11. The van der Waals surface area contributed by atoms with E-state index in [-0.39, 0.29) is 18.1 Å². The molecule has 0 spiro atoms. The van der Waals surface area contributed by atoms with Crippen molar-refractivity contribution in [2.45, 2.75) is 81.7 Å². The van der Waals surface area contributed by atoms with Crippen LogP contribution in [0.3, 0.4) is 0 Å². The van der Waals surface area contributed by atoms with Gasteiger partial charge in [-0.2, -0.15) is 0 Å². The van der Waals surface area contributed by atoms with Crippen LogP contribution in [0.25, 0.3) is 0 Å². The van der Waals surface area contributed by atoms with Gasteiger partial charge < -0.3 is 10.2 Å². The van der Waals surface area contributed by atoms with E-state index < -0.39 is 15.1 Å². The maximum atomic E-state index is 12.8. The number of nitrogens with one attached hydrogen (secondary N) is 1. The second-order valence-corrected chi connectivity index (χ2v) is 9.69. The molecule has 0 saturated heterocycles. The number of hydrogen-bond acceptors (Lipinski definition) is 3. The summed E-state index contributed by atoms with van der Waals surface area (Å²) in [6.07, 6.45) is 9.29. The van der Waals surface area contributed by atoms with Gasteiger partial charge in [0.15, 0.2) is 9.84 Å². The second kappa shape index (κ2) is 6.02. The lowest BCUT2D eigenvalue weighted by molar-refractivity contribution is 0.161. The molecule has 3 fully saturated rings. The molecule has 3 aliphatic rings. The second-order valence-electron chi connectivity index (χ2n) is 7.42. The number of rotatable bonds is 5. The van der Waals surface area contributed by atoms with E-state index >= 15 is 0 Å². The first kappa shape index (κ1) is 16.1. The highest BCUT2D eigenvalue weighted by molar-refractivity contribution is 7.91. The van der Waals surface area contributed by atoms with Crippen LogP contribution < -0.4 is 5.32 Å². The van der Waals surface area contributed by atoms with E-state index in [1.165, 1.54) is 19.1 Å². The third kappa shape index (κ3) is 3.58. The van der Waals surface area contributed by atoms with Crippen LogP contribution in [-0.4, -0.2) is 49.0 Å². The number of amides is 2. The first-order chi connectivity index (χ1) is 10.4. The molecule has 126 valence electrons. The van der Waals surface area contributed by atoms with Gasteiger partial charge in [-0.25, -0.2) is 13.2 Å². The van der Waals surface area contributed by atoms with Gasteiger partial charge >= 0.3 is 6.03 Å². The number of urea groups is 1. The number of sulfone groups is 1. The number of nitrogens with zero attached hydrogens (tertiary/aromatic N) is 1. The van der Waals surface area contributed by atoms with Gasteiger partial charge in [0.25, 0.3) is 0 Å². The van der Waals surface area contributed by atoms with Crippen molar-refractivity contribution in [2.24, 2.45) is 5.92 Å². The van der Waals surface area contributed by atoms with Crippen molar-refractivity contribution in [3.63, 3.8) is 0 Å². The maximum absolute atomic E-state index is 12.8. The van der Waals surface area contributed by atoms with E-state index in [4.69, 9.17) is 0 Å². The van der Waals surface area contributed by atoms with Crippen molar-refractivity contribution in [2.75, 3.05) is 6.26 Å². The van der Waals surface area contributed by atoms with Crippen LogP contribution in [0.2, 0.25) is 0 Å². The molecule has 22 heavy (non-hydrogen) atoms. The zero-order valence-corrected chi connectivity index (χ0v) is 14.4. The number of carbonyl (C=O) groups is 1. The monoisotopic (exact) mass is 328 g/mol. The summed E-state index contributed by atoms with van der Waals surface area (Å²) >= 11 is 0. The molecule has 0 radical (unpaired) electrons. The minimum absolute atomic E-state index is 0.0394. The molecule has 3 rings (SSSR count). The predicted octanol–water partition coefficient (Wildman–Crippen LogP) is 2.31. The molecule has 0 aliphatic heterocycles. The molecule has 3 saturated carbocycles. The molecule has 2 amide bonds. The van der Waals surface area contributed by atoms with E-state index in [2.05, 4.69) is 12.2 Å².